The first kappa shape index (κ1) is 24.5. The Kier molecular flexibility index (Phi) is 8.69. The van der Waals surface area contributed by atoms with Crippen molar-refractivity contribution in [3.8, 4) is 11.1 Å². The highest BCUT2D eigenvalue weighted by Gasteiger charge is 2.34. The Bertz CT molecular complexity index is 818. The van der Waals surface area contributed by atoms with Crippen LogP contribution in [0.15, 0.2) is 48.5 Å². The molecule has 0 radical (unpaired) electrons. The number of hydrogen-bond donors (Lipinski definition) is 1. The van der Waals surface area contributed by atoms with Crippen molar-refractivity contribution < 1.29 is 5.11 Å². The standard InChI is InChI=1S/C32H46O/c1-3-5-6-8-26-9-11-27(12-10-26)28-13-15-29(16-14-28)30-17-19-31(20-18-30)32(33)23-21-25(7-4-2)22-24-32/h13-20,25-27,33H,3-12,21-24H2,1-2H3. The maximum Gasteiger partial charge on any atom is 0.0896 e. The molecule has 0 aromatic heterocycles. The minimum atomic E-state index is -0.623. The quantitative estimate of drug-likeness (QED) is 0.380. The average molecular weight is 447 g/mol. The lowest BCUT2D eigenvalue weighted by molar-refractivity contribution is -0.0152. The van der Waals surface area contributed by atoms with E-state index in [0.717, 1.165) is 49.0 Å². The van der Waals surface area contributed by atoms with Crippen molar-refractivity contribution in [1.82, 2.24) is 0 Å². The fourth-order valence-corrected chi connectivity index (χ4v) is 6.53. The van der Waals surface area contributed by atoms with Gasteiger partial charge in [0.25, 0.3) is 0 Å². The normalized spacial score (nSPS) is 28.0. The van der Waals surface area contributed by atoms with E-state index in [0.29, 0.717) is 0 Å². The lowest BCUT2D eigenvalue weighted by atomic mass is 9.74. The van der Waals surface area contributed by atoms with Crippen molar-refractivity contribution in [2.75, 3.05) is 0 Å². The predicted molar refractivity (Wildman–Crippen MR) is 141 cm³/mol. The molecule has 1 N–H and O–H groups in total. The van der Waals surface area contributed by atoms with Gasteiger partial charge in [-0.25, -0.2) is 0 Å². The Morgan fingerprint density at radius 2 is 1.24 bits per heavy atom. The van der Waals surface area contributed by atoms with Crippen LogP contribution in [-0.2, 0) is 5.60 Å². The minimum Gasteiger partial charge on any atom is -0.385 e. The zero-order chi connectivity index (χ0) is 23.1. The van der Waals surface area contributed by atoms with Gasteiger partial charge in [-0.15, -0.1) is 0 Å². The fraction of sp³-hybridized carbons (Fsp3) is 0.625. The van der Waals surface area contributed by atoms with Crippen molar-refractivity contribution in [3.63, 3.8) is 0 Å². The van der Waals surface area contributed by atoms with Crippen LogP contribution in [0.5, 0.6) is 0 Å². The maximum atomic E-state index is 11.2. The second kappa shape index (κ2) is 11.7. The van der Waals surface area contributed by atoms with Gasteiger partial charge in [0, 0.05) is 0 Å². The lowest BCUT2D eigenvalue weighted by Gasteiger charge is -2.36. The molecular weight excluding hydrogens is 400 g/mol. The first-order valence-electron chi connectivity index (χ1n) is 14.0. The summed E-state index contributed by atoms with van der Waals surface area (Å²) in [6, 6.07) is 18.1. The highest BCUT2D eigenvalue weighted by molar-refractivity contribution is 5.64. The third kappa shape index (κ3) is 6.30. The van der Waals surface area contributed by atoms with Gasteiger partial charge in [0.1, 0.15) is 0 Å². The van der Waals surface area contributed by atoms with Gasteiger partial charge in [-0.3, -0.25) is 0 Å². The largest absolute Gasteiger partial charge is 0.385 e. The van der Waals surface area contributed by atoms with Crippen LogP contribution in [0, 0.1) is 11.8 Å². The van der Waals surface area contributed by atoms with E-state index >= 15 is 0 Å². The highest BCUT2D eigenvalue weighted by atomic mass is 16.3. The Labute approximate surface area is 203 Å². The number of hydrogen-bond acceptors (Lipinski definition) is 1. The molecule has 2 fully saturated rings. The molecule has 33 heavy (non-hydrogen) atoms. The first-order chi connectivity index (χ1) is 16.1. The molecular formula is C32H46O. The molecule has 1 heteroatoms. The molecule has 2 saturated carbocycles. The second-order valence-corrected chi connectivity index (χ2v) is 11.2. The van der Waals surface area contributed by atoms with Crippen LogP contribution in [-0.4, -0.2) is 5.11 Å². The van der Waals surface area contributed by atoms with Gasteiger partial charge >= 0.3 is 0 Å². The van der Waals surface area contributed by atoms with Gasteiger partial charge < -0.3 is 5.11 Å². The van der Waals surface area contributed by atoms with E-state index in [-0.39, 0.29) is 0 Å². The SMILES string of the molecule is CCCCCC1CCC(c2ccc(-c3ccc(C4(O)CCC(CCC)CC4)cc3)cc2)CC1. The van der Waals surface area contributed by atoms with Gasteiger partial charge in [-0.1, -0.05) is 101 Å². The summed E-state index contributed by atoms with van der Waals surface area (Å²) in [5.74, 6) is 2.53. The summed E-state index contributed by atoms with van der Waals surface area (Å²) in [4.78, 5) is 0. The number of aliphatic hydroxyl groups is 1. The summed E-state index contributed by atoms with van der Waals surface area (Å²) < 4.78 is 0. The van der Waals surface area contributed by atoms with Crippen molar-refractivity contribution in [1.29, 1.82) is 0 Å². The summed E-state index contributed by atoms with van der Waals surface area (Å²) in [6.45, 7) is 4.57. The molecule has 0 unspecified atom stereocenters. The molecule has 0 heterocycles. The first-order valence-corrected chi connectivity index (χ1v) is 14.0. The number of benzene rings is 2. The smallest absolute Gasteiger partial charge is 0.0896 e. The summed E-state index contributed by atoms with van der Waals surface area (Å²) in [6.07, 6.45) is 17.9. The Balaban J connectivity index is 1.32. The summed E-state index contributed by atoms with van der Waals surface area (Å²) in [7, 11) is 0. The van der Waals surface area contributed by atoms with Gasteiger partial charge in [0.15, 0.2) is 0 Å². The van der Waals surface area contributed by atoms with E-state index in [1.54, 1.807) is 0 Å². The predicted octanol–water partition coefficient (Wildman–Crippen LogP) is 9.39. The number of unbranched alkanes of at least 4 members (excludes halogenated alkanes) is 2. The molecule has 1 nitrogen and oxygen atoms in total. The molecule has 180 valence electrons. The Hall–Kier alpha value is -1.60. The van der Waals surface area contributed by atoms with E-state index in [1.165, 1.54) is 80.9 Å². The molecule has 0 bridgehead atoms. The molecule has 2 aromatic carbocycles. The van der Waals surface area contributed by atoms with Gasteiger partial charge in [0.2, 0.25) is 0 Å². The summed E-state index contributed by atoms with van der Waals surface area (Å²) in [5, 5.41) is 11.2. The van der Waals surface area contributed by atoms with Crippen LogP contribution in [0.4, 0.5) is 0 Å². The van der Waals surface area contributed by atoms with E-state index in [2.05, 4.69) is 62.4 Å². The van der Waals surface area contributed by atoms with Crippen LogP contribution in [0.2, 0.25) is 0 Å². The Morgan fingerprint density at radius 3 is 1.82 bits per heavy atom. The molecule has 0 atom stereocenters. The van der Waals surface area contributed by atoms with Crippen molar-refractivity contribution >= 4 is 0 Å². The van der Waals surface area contributed by atoms with Crippen molar-refractivity contribution in [3.05, 3.63) is 59.7 Å². The number of rotatable bonds is 9. The zero-order valence-electron chi connectivity index (χ0n) is 21.2. The van der Waals surface area contributed by atoms with Crippen LogP contribution in [0.3, 0.4) is 0 Å². The minimum absolute atomic E-state index is 0.623. The highest BCUT2D eigenvalue weighted by Crippen LogP contribution is 2.42. The van der Waals surface area contributed by atoms with E-state index < -0.39 is 5.60 Å². The van der Waals surface area contributed by atoms with Gasteiger partial charge in [0.05, 0.1) is 5.60 Å². The van der Waals surface area contributed by atoms with Crippen molar-refractivity contribution in [2.24, 2.45) is 11.8 Å². The topological polar surface area (TPSA) is 20.2 Å². The third-order valence-electron chi connectivity index (χ3n) is 8.83. The van der Waals surface area contributed by atoms with Gasteiger partial charge in [-0.2, -0.15) is 0 Å². The van der Waals surface area contributed by atoms with E-state index in [1.807, 2.05) is 0 Å². The van der Waals surface area contributed by atoms with Crippen LogP contribution < -0.4 is 0 Å². The average Bonchev–Trinajstić information content (AvgIpc) is 2.87. The molecule has 2 aliphatic carbocycles. The fourth-order valence-electron chi connectivity index (χ4n) is 6.53. The lowest BCUT2D eigenvalue weighted by Crippen LogP contribution is -2.31. The molecule has 2 aliphatic rings. The van der Waals surface area contributed by atoms with Crippen molar-refractivity contribution in [2.45, 2.75) is 115 Å². The zero-order valence-corrected chi connectivity index (χ0v) is 21.2. The molecule has 2 aromatic rings. The maximum absolute atomic E-state index is 11.2. The monoisotopic (exact) mass is 446 g/mol. The molecule has 0 aliphatic heterocycles. The van der Waals surface area contributed by atoms with Crippen LogP contribution in [0.1, 0.15) is 121 Å². The van der Waals surface area contributed by atoms with E-state index in [4.69, 9.17) is 0 Å². The summed E-state index contributed by atoms with van der Waals surface area (Å²) in [5.41, 5.74) is 4.56. The Morgan fingerprint density at radius 1 is 0.667 bits per heavy atom. The van der Waals surface area contributed by atoms with E-state index in [9.17, 15) is 5.11 Å². The summed E-state index contributed by atoms with van der Waals surface area (Å²) >= 11 is 0. The van der Waals surface area contributed by atoms with Crippen LogP contribution in [0.25, 0.3) is 11.1 Å². The molecule has 4 rings (SSSR count). The second-order valence-electron chi connectivity index (χ2n) is 11.2. The van der Waals surface area contributed by atoms with Gasteiger partial charge in [-0.05, 0) is 91.4 Å². The molecule has 0 spiro atoms. The third-order valence-corrected chi connectivity index (χ3v) is 8.83. The van der Waals surface area contributed by atoms with Crippen LogP contribution >= 0.6 is 0 Å². The molecule has 0 saturated heterocycles. The molecule has 0 amide bonds.